The molecule has 25 heavy (non-hydrogen) atoms. The van der Waals surface area contributed by atoms with Crippen LogP contribution < -0.4 is 0 Å². The third kappa shape index (κ3) is 9.94. The molecule has 0 heterocycles. The molecule has 7 heteroatoms. The van der Waals surface area contributed by atoms with Gasteiger partial charge in [-0.25, -0.2) is 0 Å². The molecule has 0 amide bonds. The molecule has 0 aromatic carbocycles. The van der Waals surface area contributed by atoms with Gasteiger partial charge < -0.3 is 0 Å². The highest BCUT2D eigenvalue weighted by Crippen LogP contribution is 2.18. The summed E-state index contributed by atoms with van der Waals surface area (Å²) in [5.74, 6) is 0. The zero-order valence-corrected chi connectivity index (χ0v) is 15.4. The second kappa shape index (κ2) is 14.5. The minimum Gasteiger partial charge on any atom is -0.287 e. The Balaban J connectivity index is 3.66. The maximum absolute atomic E-state index is 10.8. The van der Waals surface area contributed by atoms with E-state index in [1.54, 1.807) is 0 Å². The number of hydrogen-bond acceptors (Lipinski definition) is 5. The first kappa shape index (κ1) is 23.2. The predicted molar refractivity (Wildman–Crippen MR) is 97.6 cm³/mol. The Kier molecular flexibility index (Phi) is 13.5. The predicted octanol–water partition coefficient (Wildman–Crippen LogP) is 5.08. The summed E-state index contributed by atoms with van der Waals surface area (Å²) in [4.78, 5) is 30.2. The molecular formula is C18H32N2O5. The highest BCUT2D eigenvalue weighted by molar-refractivity contribution is 5.59. The van der Waals surface area contributed by atoms with E-state index in [0.717, 1.165) is 25.7 Å². The zero-order valence-electron chi connectivity index (χ0n) is 15.4. The Morgan fingerprint density at radius 1 is 0.760 bits per heavy atom. The van der Waals surface area contributed by atoms with Gasteiger partial charge in [0.2, 0.25) is 0 Å². The summed E-state index contributed by atoms with van der Waals surface area (Å²) in [5, 5.41) is 21.6. The summed E-state index contributed by atoms with van der Waals surface area (Å²) in [6.07, 6.45) is 16.5. The lowest BCUT2D eigenvalue weighted by atomic mass is 10.0. The van der Waals surface area contributed by atoms with Crippen LogP contribution in [0.2, 0.25) is 0 Å². The number of rotatable bonds is 17. The van der Waals surface area contributed by atoms with Crippen molar-refractivity contribution in [2.75, 3.05) is 0 Å². The molecule has 0 aliphatic carbocycles. The largest absolute Gasteiger partial charge is 0.512 e. The van der Waals surface area contributed by atoms with Crippen LogP contribution in [0.3, 0.4) is 0 Å². The van der Waals surface area contributed by atoms with E-state index in [-0.39, 0.29) is 12.7 Å². The van der Waals surface area contributed by atoms with E-state index in [1.165, 1.54) is 38.5 Å². The Labute approximate surface area is 150 Å². The molecule has 0 bridgehead atoms. The monoisotopic (exact) mass is 356 g/mol. The van der Waals surface area contributed by atoms with Crippen LogP contribution in [0.1, 0.15) is 90.4 Å². The van der Waals surface area contributed by atoms with Gasteiger partial charge in [-0.3, -0.25) is 25.0 Å². The van der Waals surface area contributed by atoms with Gasteiger partial charge in [-0.15, -0.1) is 0 Å². The van der Waals surface area contributed by atoms with Crippen LogP contribution in [0, 0.1) is 20.2 Å². The van der Waals surface area contributed by atoms with Gasteiger partial charge >= 0.3 is 5.66 Å². The summed E-state index contributed by atoms with van der Waals surface area (Å²) in [6.45, 7) is 2.21. The Hall–Kier alpha value is -1.79. The van der Waals surface area contributed by atoms with Crippen molar-refractivity contribution in [1.82, 2.24) is 0 Å². The minimum atomic E-state index is -2.67. The quantitative estimate of drug-likeness (QED) is 0.0902. The Morgan fingerprint density at radius 3 is 1.64 bits per heavy atom. The van der Waals surface area contributed by atoms with Crippen LogP contribution in [0.5, 0.6) is 0 Å². The number of carbonyl (C=O) groups excluding carboxylic acids is 1. The van der Waals surface area contributed by atoms with Gasteiger partial charge in [0.05, 0.1) is 6.42 Å². The van der Waals surface area contributed by atoms with Crippen molar-refractivity contribution >= 4 is 6.29 Å². The third-order valence-corrected chi connectivity index (χ3v) is 4.38. The molecule has 0 aliphatic rings. The summed E-state index contributed by atoms with van der Waals surface area (Å²) in [5.41, 5.74) is -2.67. The van der Waals surface area contributed by atoms with Gasteiger partial charge in [0.1, 0.15) is 9.85 Å². The molecular weight excluding hydrogens is 324 g/mol. The number of hydrogen-bond donors (Lipinski definition) is 0. The van der Waals surface area contributed by atoms with Crippen LogP contribution in [0.15, 0.2) is 12.2 Å². The van der Waals surface area contributed by atoms with Gasteiger partial charge in [0.25, 0.3) is 6.29 Å². The van der Waals surface area contributed by atoms with Crippen molar-refractivity contribution in [3.63, 3.8) is 0 Å². The number of aldehydes is 1. The number of allylic oxidation sites excluding steroid dienone is 2. The van der Waals surface area contributed by atoms with Crippen LogP contribution in [0.25, 0.3) is 0 Å². The van der Waals surface area contributed by atoms with Crippen molar-refractivity contribution in [3.8, 4) is 0 Å². The average Bonchev–Trinajstić information content (AvgIpc) is 2.58. The SMILES string of the molecule is CCCCCCCC/C=C\CCCCCCC(C=O)([N+](=O)[O-])[N+](=O)[O-]. The first-order chi connectivity index (χ1) is 12.0. The fourth-order valence-corrected chi connectivity index (χ4v) is 2.67. The van der Waals surface area contributed by atoms with Gasteiger partial charge in [-0.1, -0.05) is 64.0 Å². The molecule has 0 fully saturated rings. The maximum Gasteiger partial charge on any atom is 0.512 e. The van der Waals surface area contributed by atoms with E-state index < -0.39 is 15.5 Å². The molecule has 0 saturated carbocycles. The fourth-order valence-electron chi connectivity index (χ4n) is 2.67. The lowest BCUT2D eigenvalue weighted by Crippen LogP contribution is -2.47. The lowest BCUT2D eigenvalue weighted by molar-refractivity contribution is -0.774. The van der Waals surface area contributed by atoms with E-state index in [0.29, 0.717) is 12.8 Å². The zero-order chi connectivity index (χ0) is 19.0. The van der Waals surface area contributed by atoms with Crippen molar-refractivity contribution < 1.29 is 14.6 Å². The molecule has 0 rings (SSSR count). The van der Waals surface area contributed by atoms with E-state index in [1.807, 2.05) is 0 Å². The van der Waals surface area contributed by atoms with Crippen molar-refractivity contribution in [1.29, 1.82) is 0 Å². The Morgan fingerprint density at radius 2 is 1.20 bits per heavy atom. The smallest absolute Gasteiger partial charge is 0.287 e. The van der Waals surface area contributed by atoms with Gasteiger partial charge in [-0.05, 0) is 32.1 Å². The van der Waals surface area contributed by atoms with E-state index in [4.69, 9.17) is 0 Å². The second-order valence-electron chi connectivity index (χ2n) is 6.49. The minimum absolute atomic E-state index is 0.155. The molecule has 0 aromatic rings. The molecule has 0 unspecified atom stereocenters. The lowest BCUT2D eigenvalue weighted by Gasteiger charge is -2.10. The third-order valence-electron chi connectivity index (χ3n) is 4.38. The summed E-state index contributed by atoms with van der Waals surface area (Å²) < 4.78 is 0. The number of nitro groups is 2. The summed E-state index contributed by atoms with van der Waals surface area (Å²) in [6, 6.07) is 0. The van der Waals surface area contributed by atoms with Crippen molar-refractivity contribution in [2.45, 2.75) is 96.1 Å². The van der Waals surface area contributed by atoms with E-state index in [2.05, 4.69) is 19.1 Å². The van der Waals surface area contributed by atoms with Crippen LogP contribution >= 0.6 is 0 Å². The Bertz CT molecular complexity index is 410. The van der Waals surface area contributed by atoms with Gasteiger partial charge in [0.15, 0.2) is 0 Å². The number of carbonyl (C=O) groups is 1. The highest BCUT2D eigenvalue weighted by Gasteiger charge is 2.55. The summed E-state index contributed by atoms with van der Waals surface area (Å²) in [7, 11) is 0. The highest BCUT2D eigenvalue weighted by atomic mass is 16.7. The molecule has 0 aromatic heterocycles. The number of unbranched alkanes of at least 4 members (excludes halogenated alkanes) is 10. The molecule has 0 radical (unpaired) electrons. The molecule has 0 saturated heterocycles. The maximum atomic E-state index is 10.8. The number of nitrogens with zero attached hydrogens (tertiary/aromatic N) is 2. The van der Waals surface area contributed by atoms with E-state index >= 15 is 0 Å². The molecule has 0 spiro atoms. The first-order valence-electron chi connectivity index (χ1n) is 9.41. The van der Waals surface area contributed by atoms with Crippen molar-refractivity contribution in [3.05, 3.63) is 32.4 Å². The van der Waals surface area contributed by atoms with Gasteiger partial charge in [-0.2, -0.15) is 0 Å². The molecule has 0 atom stereocenters. The molecule has 0 N–H and O–H groups in total. The standard InChI is InChI=1S/C18H32N2O5/c1-2-3-4-5-6-7-8-9-10-11-12-13-14-15-16-18(17-21,19(22)23)20(24)25/h9-10,17H,2-8,11-16H2,1H3/b10-9-. The molecule has 0 aliphatic heterocycles. The van der Waals surface area contributed by atoms with Crippen LogP contribution in [0.4, 0.5) is 0 Å². The average molecular weight is 356 g/mol. The molecule has 7 nitrogen and oxygen atoms in total. The molecule has 144 valence electrons. The van der Waals surface area contributed by atoms with Crippen LogP contribution in [-0.2, 0) is 4.79 Å². The normalized spacial score (nSPS) is 11.7. The van der Waals surface area contributed by atoms with Crippen LogP contribution in [-0.4, -0.2) is 21.8 Å². The fraction of sp³-hybridized carbons (Fsp3) is 0.833. The first-order valence-corrected chi connectivity index (χ1v) is 9.41. The van der Waals surface area contributed by atoms with E-state index in [9.17, 15) is 25.0 Å². The second-order valence-corrected chi connectivity index (χ2v) is 6.49. The topological polar surface area (TPSA) is 103 Å². The summed E-state index contributed by atoms with van der Waals surface area (Å²) >= 11 is 0. The van der Waals surface area contributed by atoms with Gasteiger partial charge in [0, 0.05) is 0 Å². The van der Waals surface area contributed by atoms with Crippen molar-refractivity contribution in [2.24, 2.45) is 0 Å².